The number of nitrogens with one attached hydrogen (secondary N) is 1. The summed E-state index contributed by atoms with van der Waals surface area (Å²) in [7, 11) is 1.53. The van der Waals surface area contributed by atoms with Gasteiger partial charge in [0.05, 0.1) is 18.1 Å². The van der Waals surface area contributed by atoms with Crippen LogP contribution in [0, 0.1) is 5.92 Å². The van der Waals surface area contributed by atoms with Crippen molar-refractivity contribution < 1.29 is 14.7 Å². The fraction of sp³-hybridized carbons (Fsp3) is 0.421. The van der Waals surface area contributed by atoms with Crippen molar-refractivity contribution in [1.82, 2.24) is 19.8 Å². The van der Waals surface area contributed by atoms with Gasteiger partial charge in [-0.1, -0.05) is 44.2 Å². The molecule has 7 heteroatoms. The Morgan fingerprint density at radius 1 is 1.31 bits per heavy atom. The zero-order valence-electron chi connectivity index (χ0n) is 15.2. The minimum atomic E-state index is -1.10. The van der Waals surface area contributed by atoms with Crippen molar-refractivity contribution >= 4 is 12.0 Å². The second-order valence-electron chi connectivity index (χ2n) is 6.90. The Balaban J connectivity index is 2.05. The van der Waals surface area contributed by atoms with E-state index in [1.165, 1.54) is 11.9 Å². The summed E-state index contributed by atoms with van der Waals surface area (Å²) >= 11 is 0. The Bertz CT molecular complexity index is 800. The van der Waals surface area contributed by atoms with Crippen LogP contribution < -0.4 is 5.32 Å². The van der Waals surface area contributed by atoms with Crippen LogP contribution >= 0.6 is 0 Å². The third kappa shape index (κ3) is 3.16. The topological polar surface area (TPSA) is 87.5 Å². The summed E-state index contributed by atoms with van der Waals surface area (Å²) in [5.74, 6) is -0.298. The molecule has 2 aromatic rings. The first-order valence-corrected chi connectivity index (χ1v) is 8.74. The zero-order valence-corrected chi connectivity index (χ0v) is 15.2. The van der Waals surface area contributed by atoms with Crippen molar-refractivity contribution in [2.75, 3.05) is 7.05 Å². The highest BCUT2D eigenvalue weighted by Crippen LogP contribution is 2.37. The number of rotatable bonds is 4. The molecule has 2 amide bonds. The maximum Gasteiger partial charge on any atom is 0.408 e. The minimum absolute atomic E-state index is 0.00242. The first-order valence-electron chi connectivity index (χ1n) is 8.74. The van der Waals surface area contributed by atoms with Gasteiger partial charge in [-0.25, -0.2) is 9.78 Å². The van der Waals surface area contributed by atoms with Crippen LogP contribution in [0.5, 0.6) is 0 Å². The molecule has 1 aliphatic rings. The third-order valence-corrected chi connectivity index (χ3v) is 4.88. The van der Waals surface area contributed by atoms with Gasteiger partial charge in [-0.15, -0.1) is 0 Å². The van der Waals surface area contributed by atoms with Gasteiger partial charge in [-0.2, -0.15) is 0 Å². The maximum atomic E-state index is 12.4. The molecule has 0 fully saturated rings. The van der Waals surface area contributed by atoms with E-state index in [-0.39, 0.29) is 11.8 Å². The fourth-order valence-electron chi connectivity index (χ4n) is 3.69. The number of carbonyl (C=O) groups excluding carboxylic acids is 1. The van der Waals surface area contributed by atoms with Crippen LogP contribution in [0.25, 0.3) is 0 Å². The van der Waals surface area contributed by atoms with Crippen molar-refractivity contribution in [3.05, 3.63) is 53.6 Å². The Kier molecular flexibility index (Phi) is 4.97. The van der Waals surface area contributed by atoms with Gasteiger partial charge in [0.2, 0.25) is 5.91 Å². The second-order valence-corrected chi connectivity index (χ2v) is 6.90. The predicted molar refractivity (Wildman–Crippen MR) is 96.8 cm³/mol. The summed E-state index contributed by atoms with van der Waals surface area (Å²) < 4.78 is 2.02. The summed E-state index contributed by atoms with van der Waals surface area (Å²) in [5, 5.41) is 12.3. The molecule has 3 rings (SSSR count). The number of hydrogen-bond donors (Lipinski definition) is 2. The molecule has 0 aliphatic carbocycles. The third-order valence-electron chi connectivity index (χ3n) is 4.88. The van der Waals surface area contributed by atoms with Crippen LogP contribution in [0.15, 0.2) is 36.7 Å². The predicted octanol–water partition coefficient (Wildman–Crippen LogP) is 2.28. The zero-order chi connectivity index (χ0) is 18.8. The molecule has 1 aromatic carbocycles. The fourth-order valence-corrected chi connectivity index (χ4v) is 3.69. The average molecular weight is 356 g/mol. The van der Waals surface area contributed by atoms with Crippen molar-refractivity contribution in [3.8, 4) is 0 Å². The molecule has 0 radical (unpaired) electrons. The van der Waals surface area contributed by atoms with E-state index >= 15 is 0 Å². The highest BCUT2D eigenvalue weighted by Gasteiger charge is 2.44. The minimum Gasteiger partial charge on any atom is -0.465 e. The van der Waals surface area contributed by atoms with E-state index in [4.69, 9.17) is 0 Å². The van der Waals surface area contributed by atoms with Gasteiger partial charge < -0.3 is 15.0 Å². The highest BCUT2D eigenvalue weighted by atomic mass is 16.4. The summed E-state index contributed by atoms with van der Waals surface area (Å²) in [6.45, 7) is 4.54. The number of likely N-dealkylation sites (N-methyl/N-ethyl adjacent to an activating group) is 1. The molecule has 0 spiro atoms. The van der Waals surface area contributed by atoms with Crippen molar-refractivity contribution in [1.29, 1.82) is 0 Å². The smallest absolute Gasteiger partial charge is 0.408 e. The Labute approximate surface area is 152 Å². The van der Waals surface area contributed by atoms with Gasteiger partial charge in [-0.05, 0) is 11.5 Å². The number of imidazole rings is 1. The first kappa shape index (κ1) is 18.0. The van der Waals surface area contributed by atoms with Crippen LogP contribution in [0.3, 0.4) is 0 Å². The Hall–Kier alpha value is -2.83. The van der Waals surface area contributed by atoms with Gasteiger partial charge in [0.1, 0.15) is 6.04 Å². The van der Waals surface area contributed by atoms with Crippen molar-refractivity contribution in [2.24, 2.45) is 5.92 Å². The van der Waals surface area contributed by atoms with Gasteiger partial charge >= 0.3 is 6.09 Å². The molecule has 0 saturated heterocycles. The second kappa shape index (κ2) is 7.19. The lowest BCUT2D eigenvalue weighted by molar-refractivity contribution is -0.127. The molecule has 26 heavy (non-hydrogen) atoms. The largest absolute Gasteiger partial charge is 0.465 e. The van der Waals surface area contributed by atoms with E-state index < -0.39 is 18.2 Å². The molecule has 7 nitrogen and oxygen atoms in total. The molecular weight excluding hydrogens is 332 g/mol. The molecule has 0 bridgehead atoms. The molecule has 138 valence electrons. The van der Waals surface area contributed by atoms with Gasteiger partial charge in [-0.3, -0.25) is 9.69 Å². The monoisotopic (exact) mass is 356 g/mol. The first-order chi connectivity index (χ1) is 12.4. The number of amides is 2. The number of nitrogens with zero attached hydrogens (tertiary/aromatic N) is 3. The van der Waals surface area contributed by atoms with Crippen LogP contribution in [0.2, 0.25) is 0 Å². The standard InChI is InChI=1S/C19H24N4O3/c1-12(2)17-16-14(9-15(18(24)20-3)23(17)19(25)26)22(11-21-16)10-13-7-5-4-6-8-13/h4-8,11-12,15,17H,9-10H2,1-3H3,(H,20,24)(H,25,26)/t15-,17-/m0/s1. The van der Waals surface area contributed by atoms with Gasteiger partial charge in [0.15, 0.2) is 0 Å². The lowest BCUT2D eigenvalue weighted by Gasteiger charge is -2.40. The maximum absolute atomic E-state index is 12.4. The summed E-state index contributed by atoms with van der Waals surface area (Å²) in [4.78, 5) is 30.1. The number of aromatic nitrogens is 2. The molecule has 2 atom stereocenters. The summed E-state index contributed by atoms with van der Waals surface area (Å²) in [5.41, 5.74) is 2.81. The molecular formula is C19H24N4O3. The molecule has 1 aliphatic heterocycles. The van der Waals surface area contributed by atoms with E-state index in [9.17, 15) is 14.7 Å². The number of benzene rings is 1. The quantitative estimate of drug-likeness (QED) is 0.880. The Morgan fingerprint density at radius 3 is 2.58 bits per heavy atom. The number of fused-ring (bicyclic) bond motifs is 1. The molecule has 1 aromatic heterocycles. The average Bonchev–Trinajstić information content (AvgIpc) is 3.02. The highest BCUT2D eigenvalue weighted by molar-refractivity contribution is 5.86. The van der Waals surface area contributed by atoms with Crippen LogP contribution in [-0.2, 0) is 17.8 Å². The van der Waals surface area contributed by atoms with E-state index in [0.717, 1.165) is 17.0 Å². The van der Waals surface area contributed by atoms with Crippen molar-refractivity contribution in [2.45, 2.75) is 38.9 Å². The van der Waals surface area contributed by atoms with Crippen LogP contribution in [0.4, 0.5) is 4.79 Å². The summed E-state index contributed by atoms with van der Waals surface area (Å²) in [6.07, 6.45) is 0.969. The van der Waals surface area contributed by atoms with E-state index in [2.05, 4.69) is 10.3 Å². The summed E-state index contributed by atoms with van der Waals surface area (Å²) in [6, 6.07) is 8.79. The molecule has 2 heterocycles. The molecule has 0 unspecified atom stereocenters. The molecule has 2 N–H and O–H groups in total. The van der Waals surface area contributed by atoms with Gasteiger partial charge in [0, 0.05) is 25.7 Å². The van der Waals surface area contributed by atoms with Crippen LogP contribution in [0.1, 0.15) is 36.8 Å². The molecule has 0 saturated carbocycles. The van der Waals surface area contributed by atoms with Crippen molar-refractivity contribution in [3.63, 3.8) is 0 Å². The number of carbonyl (C=O) groups is 2. The number of hydrogen-bond acceptors (Lipinski definition) is 3. The Morgan fingerprint density at radius 2 is 2.00 bits per heavy atom. The lowest BCUT2D eigenvalue weighted by Crippen LogP contribution is -2.55. The SMILES string of the molecule is CNC(=O)[C@@H]1Cc2c(ncn2Cc2ccccc2)[C@H](C(C)C)N1C(=O)O. The lowest BCUT2D eigenvalue weighted by atomic mass is 9.89. The van der Waals surface area contributed by atoms with Crippen LogP contribution in [-0.4, -0.2) is 44.6 Å². The van der Waals surface area contributed by atoms with E-state index in [0.29, 0.717) is 13.0 Å². The van der Waals surface area contributed by atoms with E-state index in [1.54, 1.807) is 6.33 Å². The normalized spacial score (nSPS) is 19.3. The van der Waals surface area contributed by atoms with E-state index in [1.807, 2.05) is 48.7 Å². The van der Waals surface area contributed by atoms with Gasteiger partial charge in [0.25, 0.3) is 0 Å². The number of carboxylic acid groups (broad SMARTS) is 1.